The van der Waals surface area contributed by atoms with Crippen LogP contribution in [-0.4, -0.2) is 42.5 Å². The molecule has 2 heterocycles. The maximum absolute atomic E-state index is 12.6. The normalized spacial score (nSPS) is 13.0. The zero-order valence-electron chi connectivity index (χ0n) is 15.3. The fourth-order valence-electron chi connectivity index (χ4n) is 2.83. The molecule has 1 aromatic heterocycles. The van der Waals surface area contributed by atoms with E-state index in [1.54, 1.807) is 49.7 Å². The van der Waals surface area contributed by atoms with Crippen LogP contribution in [0.1, 0.15) is 17.5 Å². The first-order chi connectivity index (χ1) is 13.1. The molecule has 0 unspecified atom stereocenters. The highest BCUT2D eigenvalue weighted by Crippen LogP contribution is 2.32. The molecule has 0 aliphatic carbocycles. The number of benzene rings is 1. The third kappa shape index (κ3) is 4.44. The number of carbonyl (C=O) groups excluding carboxylic acids is 2. The maximum atomic E-state index is 12.6. The Labute approximate surface area is 157 Å². The lowest BCUT2D eigenvalue weighted by atomic mass is 10.0. The topological polar surface area (TPSA) is 80.8 Å². The number of carbonyl (C=O) groups is 2. The van der Waals surface area contributed by atoms with Crippen LogP contribution in [0.25, 0.3) is 6.08 Å². The van der Waals surface area contributed by atoms with Gasteiger partial charge in [0.25, 0.3) is 0 Å². The van der Waals surface area contributed by atoms with Crippen molar-refractivity contribution in [3.63, 3.8) is 0 Å². The number of nitrogens with zero attached hydrogens (tertiary/aromatic N) is 2. The summed E-state index contributed by atoms with van der Waals surface area (Å²) in [6, 6.07) is 8.94. The van der Waals surface area contributed by atoms with Crippen molar-refractivity contribution in [2.24, 2.45) is 0 Å². The molecule has 0 fully saturated rings. The van der Waals surface area contributed by atoms with E-state index in [4.69, 9.17) is 9.47 Å². The smallest absolute Gasteiger partial charge is 0.230 e. The number of ether oxygens (including phenoxy) is 2. The SMILES string of the molecule is COc1cc2c(cc1OC)CC(=O)N(CCC(=O)Nc1ccccn1)C=C2. The van der Waals surface area contributed by atoms with Crippen molar-refractivity contribution in [2.45, 2.75) is 12.8 Å². The van der Waals surface area contributed by atoms with Crippen LogP contribution in [0.5, 0.6) is 11.5 Å². The van der Waals surface area contributed by atoms with Crippen LogP contribution in [0, 0.1) is 0 Å². The van der Waals surface area contributed by atoms with Gasteiger partial charge in [0, 0.05) is 25.4 Å². The minimum Gasteiger partial charge on any atom is -0.493 e. The molecule has 2 amide bonds. The molecule has 0 atom stereocenters. The summed E-state index contributed by atoms with van der Waals surface area (Å²) in [7, 11) is 3.13. The van der Waals surface area contributed by atoms with E-state index in [9.17, 15) is 9.59 Å². The second-order valence-electron chi connectivity index (χ2n) is 6.00. The maximum Gasteiger partial charge on any atom is 0.230 e. The van der Waals surface area contributed by atoms with Gasteiger partial charge >= 0.3 is 0 Å². The van der Waals surface area contributed by atoms with E-state index in [0.717, 1.165) is 11.1 Å². The molecule has 7 nitrogen and oxygen atoms in total. The number of nitrogens with one attached hydrogen (secondary N) is 1. The number of anilines is 1. The highest BCUT2D eigenvalue weighted by atomic mass is 16.5. The molecule has 1 aromatic carbocycles. The van der Waals surface area contributed by atoms with Crippen LogP contribution in [0.3, 0.4) is 0 Å². The Morgan fingerprint density at radius 3 is 2.70 bits per heavy atom. The first-order valence-electron chi connectivity index (χ1n) is 8.54. The highest BCUT2D eigenvalue weighted by molar-refractivity contribution is 5.90. The number of aromatic nitrogens is 1. The van der Waals surface area contributed by atoms with Gasteiger partial charge < -0.3 is 19.7 Å². The Morgan fingerprint density at radius 1 is 1.22 bits per heavy atom. The second-order valence-corrected chi connectivity index (χ2v) is 6.00. The highest BCUT2D eigenvalue weighted by Gasteiger charge is 2.20. The summed E-state index contributed by atoms with van der Waals surface area (Å²) < 4.78 is 10.6. The van der Waals surface area contributed by atoms with Crippen LogP contribution >= 0.6 is 0 Å². The average Bonchev–Trinajstić information content (AvgIpc) is 2.83. The van der Waals surface area contributed by atoms with Gasteiger partial charge in [0.1, 0.15) is 5.82 Å². The van der Waals surface area contributed by atoms with Crippen molar-refractivity contribution in [1.29, 1.82) is 0 Å². The summed E-state index contributed by atoms with van der Waals surface area (Å²) in [5.41, 5.74) is 1.75. The molecule has 0 bridgehead atoms. The van der Waals surface area contributed by atoms with E-state index in [1.807, 2.05) is 18.2 Å². The van der Waals surface area contributed by atoms with Crippen LogP contribution in [0.4, 0.5) is 5.82 Å². The average molecular weight is 367 g/mol. The fraction of sp³-hybridized carbons (Fsp3) is 0.250. The lowest BCUT2D eigenvalue weighted by Crippen LogP contribution is -2.30. The van der Waals surface area contributed by atoms with Crippen LogP contribution in [-0.2, 0) is 16.0 Å². The van der Waals surface area contributed by atoms with Gasteiger partial charge in [0.2, 0.25) is 11.8 Å². The fourth-order valence-corrected chi connectivity index (χ4v) is 2.83. The van der Waals surface area contributed by atoms with Gasteiger partial charge in [-0.1, -0.05) is 6.07 Å². The quantitative estimate of drug-likeness (QED) is 0.848. The molecular weight excluding hydrogens is 346 g/mol. The van der Waals surface area contributed by atoms with Gasteiger partial charge in [-0.3, -0.25) is 9.59 Å². The monoisotopic (exact) mass is 367 g/mol. The molecular formula is C20H21N3O4. The zero-order valence-corrected chi connectivity index (χ0v) is 15.3. The van der Waals surface area contributed by atoms with Crippen LogP contribution in [0.15, 0.2) is 42.7 Å². The first kappa shape index (κ1) is 18.4. The molecule has 1 N–H and O–H groups in total. The molecule has 0 saturated carbocycles. The number of hydrogen-bond acceptors (Lipinski definition) is 5. The number of amides is 2. The Balaban J connectivity index is 1.66. The van der Waals surface area contributed by atoms with Gasteiger partial charge in [-0.05, 0) is 41.5 Å². The molecule has 2 aromatic rings. The summed E-state index contributed by atoms with van der Waals surface area (Å²) in [5, 5.41) is 2.71. The van der Waals surface area contributed by atoms with Gasteiger partial charge in [-0.25, -0.2) is 4.98 Å². The summed E-state index contributed by atoms with van der Waals surface area (Å²) in [6.45, 7) is 0.288. The van der Waals surface area contributed by atoms with Crippen molar-refractivity contribution in [2.75, 3.05) is 26.1 Å². The van der Waals surface area contributed by atoms with E-state index >= 15 is 0 Å². The number of rotatable bonds is 6. The number of hydrogen-bond donors (Lipinski definition) is 1. The minimum atomic E-state index is -0.194. The summed E-state index contributed by atoms with van der Waals surface area (Å²) >= 11 is 0. The predicted molar refractivity (Wildman–Crippen MR) is 101 cm³/mol. The molecule has 27 heavy (non-hydrogen) atoms. The molecule has 7 heteroatoms. The van der Waals surface area contributed by atoms with E-state index in [2.05, 4.69) is 10.3 Å². The lowest BCUT2D eigenvalue weighted by Gasteiger charge is -2.17. The van der Waals surface area contributed by atoms with Crippen molar-refractivity contribution in [3.8, 4) is 11.5 Å². The van der Waals surface area contributed by atoms with Gasteiger partial charge in [0.15, 0.2) is 11.5 Å². The minimum absolute atomic E-state index is 0.0807. The summed E-state index contributed by atoms with van der Waals surface area (Å²) in [6.07, 6.45) is 5.56. The number of fused-ring (bicyclic) bond motifs is 1. The summed E-state index contributed by atoms with van der Waals surface area (Å²) in [4.78, 5) is 30.3. The third-order valence-corrected chi connectivity index (χ3v) is 4.25. The molecule has 140 valence electrons. The standard InChI is InChI=1S/C20H21N3O4/c1-26-16-11-14-6-9-23(20(25)13-15(14)12-17(16)27-2)10-7-19(24)22-18-5-3-4-8-21-18/h3-6,8-9,11-12H,7,10,13H2,1-2H3,(H,21,22,24). The molecule has 0 radical (unpaired) electrons. The zero-order chi connectivity index (χ0) is 19.2. The van der Waals surface area contributed by atoms with Gasteiger partial charge in [-0.15, -0.1) is 0 Å². The Hall–Kier alpha value is -3.35. The Kier molecular flexibility index (Phi) is 5.71. The van der Waals surface area contributed by atoms with Gasteiger partial charge in [-0.2, -0.15) is 0 Å². The largest absolute Gasteiger partial charge is 0.493 e. The van der Waals surface area contributed by atoms with Crippen molar-refractivity contribution in [1.82, 2.24) is 9.88 Å². The molecule has 3 rings (SSSR count). The second kappa shape index (κ2) is 8.35. The number of pyridine rings is 1. The predicted octanol–water partition coefficient (Wildman–Crippen LogP) is 2.48. The molecule has 1 aliphatic heterocycles. The van der Waals surface area contributed by atoms with Crippen molar-refractivity contribution >= 4 is 23.7 Å². The Bertz CT molecular complexity index is 865. The van der Waals surface area contributed by atoms with Crippen molar-refractivity contribution in [3.05, 3.63) is 53.9 Å². The van der Waals surface area contributed by atoms with Crippen LogP contribution in [0.2, 0.25) is 0 Å². The molecule has 1 aliphatic rings. The third-order valence-electron chi connectivity index (χ3n) is 4.25. The van der Waals surface area contributed by atoms with E-state index in [1.165, 1.54) is 0 Å². The van der Waals surface area contributed by atoms with E-state index in [-0.39, 0.29) is 31.2 Å². The summed E-state index contributed by atoms with van der Waals surface area (Å²) in [5.74, 6) is 1.41. The lowest BCUT2D eigenvalue weighted by molar-refractivity contribution is -0.128. The van der Waals surface area contributed by atoms with Crippen molar-refractivity contribution < 1.29 is 19.1 Å². The van der Waals surface area contributed by atoms with E-state index in [0.29, 0.717) is 17.3 Å². The van der Waals surface area contributed by atoms with Gasteiger partial charge in [0.05, 0.1) is 20.6 Å². The number of methoxy groups -OCH3 is 2. The van der Waals surface area contributed by atoms with Crippen LogP contribution < -0.4 is 14.8 Å². The Morgan fingerprint density at radius 2 is 2.00 bits per heavy atom. The van der Waals surface area contributed by atoms with E-state index < -0.39 is 0 Å². The molecule has 0 saturated heterocycles. The first-order valence-corrected chi connectivity index (χ1v) is 8.54. The molecule has 0 spiro atoms.